The van der Waals surface area contributed by atoms with Gasteiger partial charge in [0, 0.05) is 18.2 Å². The summed E-state index contributed by atoms with van der Waals surface area (Å²) in [5, 5.41) is 12.5. The Hall–Kier alpha value is -3.22. The van der Waals surface area contributed by atoms with Gasteiger partial charge in [-0.2, -0.15) is 4.80 Å². The van der Waals surface area contributed by atoms with Gasteiger partial charge in [0.05, 0.1) is 7.11 Å². The minimum absolute atomic E-state index is 0.00572. The van der Waals surface area contributed by atoms with Gasteiger partial charge in [0.1, 0.15) is 12.3 Å². The number of carbonyl (C=O) groups excluding carboxylic acids is 1. The van der Waals surface area contributed by atoms with Crippen LogP contribution in [0.1, 0.15) is 24.0 Å². The molecule has 1 fully saturated rings. The Balaban J connectivity index is 1.44. The van der Waals surface area contributed by atoms with Gasteiger partial charge in [0.25, 0.3) is 0 Å². The lowest BCUT2D eigenvalue weighted by Gasteiger charge is -2.22. The van der Waals surface area contributed by atoms with Crippen molar-refractivity contribution in [2.75, 3.05) is 7.11 Å². The number of rotatable bonds is 7. The first-order chi connectivity index (χ1) is 13.6. The van der Waals surface area contributed by atoms with Gasteiger partial charge < -0.3 is 9.64 Å². The zero-order valence-electron chi connectivity index (χ0n) is 16.1. The highest BCUT2D eigenvalue weighted by atomic mass is 16.5. The molecule has 28 heavy (non-hydrogen) atoms. The number of nitrogens with zero attached hydrogens (tertiary/aromatic N) is 5. The molecule has 0 saturated heterocycles. The number of aromatic nitrogens is 4. The fourth-order valence-electron chi connectivity index (χ4n) is 3.07. The number of benzene rings is 2. The van der Waals surface area contributed by atoms with Crippen LogP contribution >= 0.6 is 0 Å². The van der Waals surface area contributed by atoms with Gasteiger partial charge in [-0.25, -0.2) is 0 Å². The van der Waals surface area contributed by atoms with Gasteiger partial charge in [0.2, 0.25) is 11.7 Å². The van der Waals surface area contributed by atoms with E-state index in [2.05, 4.69) is 15.4 Å². The molecule has 0 N–H and O–H groups in total. The van der Waals surface area contributed by atoms with E-state index in [1.807, 2.05) is 60.4 Å². The molecule has 0 atom stereocenters. The number of hydrogen-bond donors (Lipinski definition) is 0. The maximum Gasteiger partial charge on any atom is 0.246 e. The second-order valence-electron chi connectivity index (χ2n) is 7.11. The summed E-state index contributed by atoms with van der Waals surface area (Å²) in [4.78, 5) is 16.2. The third-order valence-electron chi connectivity index (χ3n) is 4.86. The fourth-order valence-corrected chi connectivity index (χ4v) is 3.07. The van der Waals surface area contributed by atoms with Crippen molar-refractivity contribution in [2.45, 2.75) is 38.9 Å². The first-order valence-electron chi connectivity index (χ1n) is 9.39. The van der Waals surface area contributed by atoms with E-state index in [1.54, 1.807) is 7.11 Å². The molecular weight excluding hydrogens is 354 g/mol. The zero-order valence-corrected chi connectivity index (χ0v) is 16.1. The summed E-state index contributed by atoms with van der Waals surface area (Å²) in [6, 6.07) is 16.0. The molecule has 144 valence electrons. The van der Waals surface area contributed by atoms with Gasteiger partial charge in [0.15, 0.2) is 0 Å². The van der Waals surface area contributed by atoms with Crippen LogP contribution < -0.4 is 4.74 Å². The van der Waals surface area contributed by atoms with Crippen molar-refractivity contribution in [3.63, 3.8) is 0 Å². The van der Waals surface area contributed by atoms with Crippen LogP contribution in [0.3, 0.4) is 0 Å². The van der Waals surface area contributed by atoms with Crippen molar-refractivity contribution in [3.05, 3.63) is 59.7 Å². The molecule has 1 aromatic heterocycles. The Morgan fingerprint density at radius 1 is 1.14 bits per heavy atom. The summed E-state index contributed by atoms with van der Waals surface area (Å²) in [6.45, 7) is 2.69. The van der Waals surface area contributed by atoms with Gasteiger partial charge in [-0.05, 0) is 42.7 Å². The SMILES string of the molecule is COc1ccc(CN(C(=O)Cn2nnc(-c3ccc(C)cc3)n2)C2CC2)cc1. The Morgan fingerprint density at radius 3 is 2.50 bits per heavy atom. The minimum Gasteiger partial charge on any atom is -0.497 e. The van der Waals surface area contributed by atoms with Crippen LogP contribution in [0.4, 0.5) is 0 Å². The first kappa shape index (κ1) is 18.2. The van der Waals surface area contributed by atoms with E-state index < -0.39 is 0 Å². The smallest absolute Gasteiger partial charge is 0.246 e. The van der Waals surface area contributed by atoms with E-state index >= 15 is 0 Å². The van der Waals surface area contributed by atoms with Crippen molar-refractivity contribution in [3.8, 4) is 17.1 Å². The van der Waals surface area contributed by atoms with Crippen LogP contribution in [-0.4, -0.2) is 44.2 Å². The van der Waals surface area contributed by atoms with E-state index in [0.717, 1.165) is 29.7 Å². The molecule has 1 heterocycles. The predicted octanol–water partition coefficient (Wildman–Crippen LogP) is 2.85. The molecule has 4 rings (SSSR count). The number of hydrogen-bond acceptors (Lipinski definition) is 5. The van der Waals surface area contributed by atoms with Gasteiger partial charge >= 0.3 is 0 Å². The van der Waals surface area contributed by atoms with Crippen LogP contribution in [0.2, 0.25) is 0 Å². The highest BCUT2D eigenvalue weighted by molar-refractivity contribution is 5.76. The fraction of sp³-hybridized carbons (Fsp3) is 0.333. The van der Waals surface area contributed by atoms with Gasteiger partial charge in [-0.3, -0.25) is 4.79 Å². The molecule has 1 saturated carbocycles. The summed E-state index contributed by atoms with van der Waals surface area (Å²) in [5.41, 5.74) is 3.14. The van der Waals surface area contributed by atoms with Crippen LogP contribution in [0.25, 0.3) is 11.4 Å². The number of aryl methyl sites for hydroxylation is 1. The van der Waals surface area contributed by atoms with E-state index in [9.17, 15) is 4.79 Å². The molecule has 7 nitrogen and oxygen atoms in total. The molecule has 0 unspecified atom stereocenters. The second-order valence-corrected chi connectivity index (χ2v) is 7.11. The lowest BCUT2D eigenvalue weighted by atomic mass is 10.1. The lowest BCUT2D eigenvalue weighted by molar-refractivity contribution is -0.133. The lowest BCUT2D eigenvalue weighted by Crippen LogP contribution is -2.35. The summed E-state index contributed by atoms with van der Waals surface area (Å²) < 4.78 is 5.20. The number of amides is 1. The zero-order chi connectivity index (χ0) is 19.5. The molecule has 1 aliphatic rings. The monoisotopic (exact) mass is 377 g/mol. The minimum atomic E-state index is 0.00572. The van der Waals surface area contributed by atoms with E-state index in [0.29, 0.717) is 18.4 Å². The molecule has 0 radical (unpaired) electrons. The predicted molar refractivity (Wildman–Crippen MR) is 105 cm³/mol. The van der Waals surface area contributed by atoms with E-state index in [4.69, 9.17) is 4.74 Å². The van der Waals surface area contributed by atoms with Gasteiger partial charge in [-0.15, -0.1) is 10.2 Å². The number of tetrazole rings is 1. The Labute approximate surface area is 163 Å². The molecule has 1 aliphatic carbocycles. The Kier molecular flexibility index (Phi) is 5.06. The van der Waals surface area contributed by atoms with Crippen LogP contribution in [-0.2, 0) is 17.9 Å². The van der Waals surface area contributed by atoms with Gasteiger partial charge in [-0.1, -0.05) is 42.0 Å². The topological polar surface area (TPSA) is 73.1 Å². The van der Waals surface area contributed by atoms with Crippen LogP contribution in [0.15, 0.2) is 48.5 Å². The van der Waals surface area contributed by atoms with E-state index in [-0.39, 0.29) is 12.5 Å². The highest BCUT2D eigenvalue weighted by Gasteiger charge is 2.32. The molecular formula is C21H23N5O2. The first-order valence-corrected chi connectivity index (χ1v) is 9.39. The van der Waals surface area contributed by atoms with E-state index in [1.165, 1.54) is 10.4 Å². The number of methoxy groups -OCH3 is 1. The molecule has 0 spiro atoms. The average Bonchev–Trinajstić information content (AvgIpc) is 3.45. The number of ether oxygens (including phenoxy) is 1. The molecule has 0 aliphatic heterocycles. The summed E-state index contributed by atoms with van der Waals surface area (Å²) in [5.74, 6) is 1.34. The van der Waals surface area contributed by atoms with Crippen LogP contribution in [0, 0.1) is 6.92 Å². The average molecular weight is 377 g/mol. The largest absolute Gasteiger partial charge is 0.497 e. The Morgan fingerprint density at radius 2 is 1.86 bits per heavy atom. The van der Waals surface area contributed by atoms with Crippen molar-refractivity contribution in [2.24, 2.45) is 0 Å². The molecule has 3 aromatic rings. The molecule has 7 heteroatoms. The van der Waals surface area contributed by atoms with Crippen molar-refractivity contribution in [1.29, 1.82) is 0 Å². The second kappa shape index (κ2) is 7.80. The summed E-state index contributed by atoms with van der Waals surface area (Å²) >= 11 is 0. The number of carbonyl (C=O) groups is 1. The summed E-state index contributed by atoms with van der Waals surface area (Å²) in [7, 11) is 1.64. The quantitative estimate of drug-likeness (QED) is 0.633. The summed E-state index contributed by atoms with van der Waals surface area (Å²) in [6.07, 6.45) is 2.09. The molecule has 0 bridgehead atoms. The third-order valence-corrected chi connectivity index (χ3v) is 4.86. The maximum absolute atomic E-state index is 12.9. The third kappa shape index (κ3) is 4.19. The van der Waals surface area contributed by atoms with Crippen molar-refractivity contribution in [1.82, 2.24) is 25.1 Å². The molecule has 2 aromatic carbocycles. The van der Waals surface area contributed by atoms with Crippen molar-refractivity contribution < 1.29 is 9.53 Å². The van der Waals surface area contributed by atoms with Crippen molar-refractivity contribution >= 4 is 5.91 Å². The maximum atomic E-state index is 12.9. The van der Waals surface area contributed by atoms with Crippen LogP contribution in [0.5, 0.6) is 5.75 Å². The Bertz CT molecular complexity index is 946. The normalized spacial score (nSPS) is 13.4. The standard InChI is InChI=1S/C21H23N5O2/c1-15-3-7-17(8-4-15)21-22-24-26(23-21)14-20(27)25(18-9-10-18)13-16-5-11-19(28-2)12-6-16/h3-8,11-12,18H,9-10,13-14H2,1-2H3. The highest BCUT2D eigenvalue weighted by Crippen LogP contribution is 2.29. The molecule has 1 amide bonds.